The van der Waals surface area contributed by atoms with E-state index in [4.69, 9.17) is 9.47 Å². The highest BCUT2D eigenvalue weighted by molar-refractivity contribution is 7.16. The van der Waals surface area contributed by atoms with Gasteiger partial charge in [0.15, 0.2) is 11.5 Å². The van der Waals surface area contributed by atoms with Crippen LogP contribution in [0.2, 0.25) is 0 Å². The van der Waals surface area contributed by atoms with E-state index < -0.39 is 17.4 Å². The summed E-state index contributed by atoms with van der Waals surface area (Å²) in [5.74, 6) is -0.361. The number of nitrogens with zero attached hydrogens (tertiary/aromatic N) is 1. The van der Waals surface area contributed by atoms with Crippen LogP contribution in [0.3, 0.4) is 0 Å². The van der Waals surface area contributed by atoms with Gasteiger partial charge in [-0.1, -0.05) is 12.8 Å². The summed E-state index contributed by atoms with van der Waals surface area (Å²) in [6.07, 6.45) is 4.55. The molecular weight excluding hydrogens is 368 g/mol. The second kappa shape index (κ2) is 6.84. The molecule has 2 aromatic rings. The van der Waals surface area contributed by atoms with Crippen molar-refractivity contribution in [3.8, 4) is 22.1 Å². The molecule has 1 fully saturated rings. The van der Waals surface area contributed by atoms with Crippen LogP contribution in [0, 0.1) is 5.92 Å². The van der Waals surface area contributed by atoms with Crippen LogP contribution in [0.4, 0.5) is 0 Å². The third-order valence-corrected chi connectivity index (χ3v) is 6.30. The lowest BCUT2D eigenvalue weighted by Crippen LogP contribution is -2.55. The smallest absolute Gasteiger partial charge is 0.308 e. The SMILES string of the molecule is CC1(NC(=O)c2cnc(-c3ccc4c(c3)OCO4)s2)CCCCC1C(=O)O. The highest BCUT2D eigenvalue weighted by atomic mass is 32.1. The molecule has 1 aromatic carbocycles. The zero-order valence-corrected chi connectivity index (χ0v) is 15.7. The Kier molecular flexibility index (Phi) is 4.51. The van der Waals surface area contributed by atoms with Crippen molar-refractivity contribution in [2.75, 3.05) is 6.79 Å². The van der Waals surface area contributed by atoms with Gasteiger partial charge in [0, 0.05) is 5.56 Å². The molecule has 1 saturated carbocycles. The van der Waals surface area contributed by atoms with Crippen LogP contribution < -0.4 is 14.8 Å². The molecule has 0 saturated heterocycles. The number of amides is 1. The van der Waals surface area contributed by atoms with E-state index in [2.05, 4.69) is 10.3 Å². The largest absolute Gasteiger partial charge is 0.481 e. The van der Waals surface area contributed by atoms with E-state index in [1.807, 2.05) is 25.1 Å². The number of aliphatic carboxylic acids is 1. The van der Waals surface area contributed by atoms with Crippen LogP contribution >= 0.6 is 11.3 Å². The van der Waals surface area contributed by atoms with Gasteiger partial charge in [0.25, 0.3) is 5.91 Å². The maximum Gasteiger partial charge on any atom is 0.308 e. The van der Waals surface area contributed by atoms with E-state index in [1.54, 1.807) is 0 Å². The lowest BCUT2D eigenvalue weighted by atomic mass is 9.74. The maximum absolute atomic E-state index is 12.7. The van der Waals surface area contributed by atoms with Crippen molar-refractivity contribution in [3.05, 3.63) is 29.3 Å². The van der Waals surface area contributed by atoms with Gasteiger partial charge in [0.2, 0.25) is 6.79 Å². The number of nitrogens with one attached hydrogen (secondary N) is 1. The van der Waals surface area contributed by atoms with Gasteiger partial charge in [-0.15, -0.1) is 11.3 Å². The third-order valence-electron chi connectivity index (χ3n) is 5.25. The molecule has 2 aliphatic rings. The van der Waals surface area contributed by atoms with Crippen molar-refractivity contribution in [1.82, 2.24) is 10.3 Å². The molecule has 142 valence electrons. The Labute approximate surface area is 160 Å². The fourth-order valence-corrected chi connectivity index (χ4v) is 4.55. The van der Waals surface area contributed by atoms with Gasteiger partial charge < -0.3 is 19.9 Å². The molecular formula is C19H20N2O5S. The fraction of sp³-hybridized carbons (Fsp3) is 0.421. The Bertz CT molecular complexity index is 896. The zero-order chi connectivity index (χ0) is 19.0. The lowest BCUT2D eigenvalue weighted by Gasteiger charge is -2.39. The number of hydrogen-bond acceptors (Lipinski definition) is 6. The zero-order valence-electron chi connectivity index (χ0n) is 14.9. The summed E-state index contributed by atoms with van der Waals surface area (Å²) in [6, 6.07) is 5.53. The quantitative estimate of drug-likeness (QED) is 0.834. The molecule has 2 unspecified atom stereocenters. The first kappa shape index (κ1) is 17.8. The number of carboxylic acid groups (broad SMARTS) is 1. The minimum absolute atomic E-state index is 0.202. The Hall–Kier alpha value is -2.61. The van der Waals surface area contributed by atoms with Gasteiger partial charge in [-0.05, 0) is 38.0 Å². The minimum Gasteiger partial charge on any atom is -0.481 e. The van der Waals surface area contributed by atoms with Gasteiger partial charge in [0.05, 0.1) is 17.7 Å². The van der Waals surface area contributed by atoms with Crippen LogP contribution in [0.1, 0.15) is 42.3 Å². The molecule has 7 nitrogen and oxygen atoms in total. The number of carbonyl (C=O) groups excluding carboxylic acids is 1. The van der Waals surface area contributed by atoms with Gasteiger partial charge in [-0.2, -0.15) is 0 Å². The summed E-state index contributed by atoms with van der Waals surface area (Å²) < 4.78 is 10.7. The van der Waals surface area contributed by atoms with Gasteiger partial charge in [-0.3, -0.25) is 9.59 Å². The standard InChI is InChI=1S/C19H20N2O5S/c1-19(7-3-2-4-12(19)18(23)24)21-16(22)15-9-20-17(27-15)11-5-6-13-14(8-11)26-10-25-13/h5-6,8-9,12H,2-4,7,10H2,1H3,(H,21,22)(H,23,24). The van der Waals surface area contributed by atoms with E-state index >= 15 is 0 Å². The summed E-state index contributed by atoms with van der Waals surface area (Å²) in [5, 5.41) is 13.2. The highest BCUT2D eigenvalue weighted by Gasteiger charge is 2.42. The van der Waals surface area contributed by atoms with Crippen molar-refractivity contribution in [2.24, 2.45) is 5.92 Å². The number of rotatable bonds is 4. The van der Waals surface area contributed by atoms with Crippen LogP contribution in [-0.4, -0.2) is 34.3 Å². The van der Waals surface area contributed by atoms with Crippen LogP contribution in [0.15, 0.2) is 24.4 Å². The number of carboxylic acids is 1. The van der Waals surface area contributed by atoms with Crippen molar-refractivity contribution in [1.29, 1.82) is 0 Å². The first-order valence-electron chi connectivity index (χ1n) is 8.87. The van der Waals surface area contributed by atoms with Gasteiger partial charge in [0.1, 0.15) is 9.88 Å². The Balaban J connectivity index is 1.52. The molecule has 4 rings (SSSR count). The average Bonchev–Trinajstić information content (AvgIpc) is 3.30. The van der Waals surface area contributed by atoms with E-state index in [-0.39, 0.29) is 12.7 Å². The molecule has 2 atom stereocenters. The summed E-state index contributed by atoms with van der Waals surface area (Å²) in [6.45, 7) is 2.02. The molecule has 1 aromatic heterocycles. The number of hydrogen-bond donors (Lipinski definition) is 2. The molecule has 0 bridgehead atoms. The number of thiazole rings is 1. The van der Waals surface area contributed by atoms with Crippen molar-refractivity contribution >= 4 is 23.2 Å². The number of carbonyl (C=O) groups is 2. The number of aromatic nitrogens is 1. The Morgan fingerprint density at radius 2 is 2.11 bits per heavy atom. The van der Waals surface area contributed by atoms with Crippen LogP contribution in [0.25, 0.3) is 10.6 Å². The summed E-state index contributed by atoms with van der Waals surface area (Å²) in [7, 11) is 0. The van der Waals surface area contributed by atoms with Gasteiger partial charge in [-0.25, -0.2) is 4.98 Å². The normalized spacial score (nSPS) is 23.8. The fourth-order valence-electron chi connectivity index (χ4n) is 3.74. The lowest BCUT2D eigenvalue weighted by molar-refractivity contribution is -0.145. The second-order valence-electron chi connectivity index (χ2n) is 7.11. The number of fused-ring (bicyclic) bond motifs is 1. The molecule has 27 heavy (non-hydrogen) atoms. The topological polar surface area (TPSA) is 97.8 Å². The van der Waals surface area contributed by atoms with E-state index in [1.165, 1.54) is 17.5 Å². The summed E-state index contributed by atoms with van der Waals surface area (Å²) in [4.78, 5) is 29.1. The molecule has 1 amide bonds. The van der Waals surface area contributed by atoms with Crippen molar-refractivity contribution in [3.63, 3.8) is 0 Å². The molecule has 0 spiro atoms. The highest BCUT2D eigenvalue weighted by Crippen LogP contribution is 2.38. The van der Waals surface area contributed by atoms with Crippen LogP contribution in [-0.2, 0) is 4.79 Å². The molecule has 8 heteroatoms. The second-order valence-corrected chi connectivity index (χ2v) is 8.14. The maximum atomic E-state index is 12.7. The number of benzene rings is 1. The third kappa shape index (κ3) is 3.37. The average molecular weight is 388 g/mol. The van der Waals surface area contributed by atoms with E-state index in [0.29, 0.717) is 34.2 Å². The predicted octanol–water partition coefficient (Wildman–Crippen LogP) is 3.30. The van der Waals surface area contributed by atoms with E-state index in [0.717, 1.165) is 18.4 Å². The Morgan fingerprint density at radius 3 is 2.93 bits per heavy atom. The molecule has 1 aliphatic heterocycles. The molecule has 2 N–H and O–H groups in total. The monoisotopic (exact) mass is 388 g/mol. The summed E-state index contributed by atoms with van der Waals surface area (Å²) in [5.41, 5.74) is 0.0972. The Morgan fingerprint density at radius 1 is 1.30 bits per heavy atom. The van der Waals surface area contributed by atoms with Crippen molar-refractivity contribution < 1.29 is 24.2 Å². The number of ether oxygens (including phenoxy) is 2. The van der Waals surface area contributed by atoms with E-state index in [9.17, 15) is 14.7 Å². The predicted molar refractivity (Wildman–Crippen MR) is 99.1 cm³/mol. The van der Waals surface area contributed by atoms with Crippen molar-refractivity contribution in [2.45, 2.75) is 38.1 Å². The molecule has 2 heterocycles. The summed E-state index contributed by atoms with van der Waals surface area (Å²) >= 11 is 1.27. The first-order chi connectivity index (χ1) is 13.0. The molecule has 0 radical (unpaired) electrons. The van der Waals surface area contributed by atoms with Gasteiger partial charge >= 0.3 is 5.97 Å². The minimum atomic E-state index is -0.858. The van der Waals surface area contributed by atoms with Crippen LogP contribution in [0.5, 0.6) is 11.5 Å². The first-order valence-corrected chi connectivity index (χ1v) is 9.69. The molecule has 1 aliphatic carbocycles.